The van der Waals surface area contributed by atoms with Crippen LogP contribution in [0.25, 0.3) is 99.2 Å². The molecule has 18 rings (SSSR count). The maximum atomic E-state index is 13.0. The number of nitrogens with one attached hydrogen (secondary N) is 3. The number of carbonyl (C=O) groups excluding carboxylic acids is 2. The SMILES string of the molecule is CC(=N)N.CC1(C)C(=O)N(Cl)C(=O)N1Cl.Cc1cc(C(F)(F)F)ccc1O[B]O.Cc1nc(-c2ccc(C(F)(F)F)cc2C)c2ccc(Br)cc2n1.Cc1nc(-c2ccc(C(F)(F)F)cc2C)c2ccc(S(=O)(=O)Cl)cc2n1.Cc1nc(-c2ccc(C(F)(F)F)cc2C)c2ccc(SCc3ccccc3)cc2n1.Cc1nc(Cl)c2ccc(Br)cc2n1.Cc1nc2cc(Br)ccc2c(=O)[nH]1.Cl.O=c1[nH]c2cc(Br)ccc2c(=O)o1. The molecule has 0 atom stereocenters. The van der Waals surface area contributed by atoms with Crippen LogP contribution in [0, 0.1) is 67.7 Å². The molecular weight excluding hydrogens is 2360 g/mol. The Labute approximate surface area is 900 Å². The minimum absolute atomic E-state index is 0. The highest BCUT2D eigenvalue weighted by Gasteiger charge is 2.51. The summed E-state index contributed by atoms with van der Waals surface area (Å²) >= 11 is 31.8. The van der Waals surface area contributed by atoms with Gasteiger partial charge >= 0.3 is 49.8 Å². The molecule has 25 nitrogen and oxygen atoms in total. The molecule has 148 heavy (non-hydrogen) atoms. The highest BCUT2D eigenvalue weighted by atomic mass is 79.9. The third kappa shape index (κ3) is 32.0. The molecule has 7 heterocycles. The number of imide groups is 1. The lowest BCUT2D eigenvalue weighted by molar-refractivity contribution is -0.138. The average molecular weight is 2440 g/mol. The minimum atomic E-state index is -4.43. The number of benzene rings is 11. The molecule has 0 saturated carbocycles. The van der Waals surface area contributed by atoms with Gasteiger partial charge in [0.2, 0.25) is 0 Å². The van der Waals surface area contributed by atoms with E-state index >= 15 is 0 Å². The summed E-state index contributed by atoms with van der Waals surface area (Å²) in [6, 6.07) is 55.2. The van der Waals surface area contributed by atoms with E-state index in [-0.39, 0.29) is 34.4 Å². The minimum Gasteiger partial charge on any atom is -0.537 e. The van der Waals surface area contributed by atoms with Crippen molar-refractivity contribution in [3.8, 4) is 39.5 Å². The predicted molar refractivity (Wildman–Crippen MR) is 567 cm³/mol. The Hall–Kier alpha value is -12.1. The van der Waals surface area contributed by atoms with Crippen molar-refractivity contribution in [1.29, 1.82) is 5.41 Å². The van der Waals surface area contributed by atoms with Gasteiger partial charge in [0.15, 0.2) is 0 Å². The van der Waals surface area contributed by atoms with Crippen molar-refractivity contribution in [2.24, 2.45) is 5.73 Å². The second-order valence-electron chi connectivity index (χ2n) is 32.3. The molecule has 49 heteroatoms. The van der Waals surface area contributed by atoms with Gasteiger partial charge in [-0.3, -0.25) is 20.0 Å². The summed E-state index contributed by atoms with van der Waals surface area (Å²) in [5, 5.41) is 19.1. The van der Waals surface area contributed by atoms with E-state index in [0.29, 0.717) is 130 Å². The fourth-order valence-electron chi connectivity index (χ4n) is 13.8. The molecule has 0 aliphatic carbocycles. The molecule has 1 radical (unpaired) electrons. The lowest BCUT2D eigenvalue weighted by Gasteiger charge is -2.18. The number of rotatable bonds is 9. The number of nitrogens with zero attached hydrogens (tertiary/aromatic N) is 11. The Kier molecular flexibility index (Phi) is 40.8. The van der Waals surface area contributed by atoms with Crippen LogP contribution >= 0.6 is 134 Å². The van der Waals surface area contributed by atoms with Gasteiger partial charge in [0.05, 0.1) is 93.9 Å². The fourth-order valence-corrected chi connectivity index (χ4v) is 17.6. The summed E-state index contributed by atoms with van der Waals surface area (Å²) in [5.41, 5.74) is 10.7. The number of hydrogen-bond acceptors (Lipinski definition) is 21. The zero-order chi connectivity index (χ0) is 109. The molecule has 3 amide bonds. The molecule has 1 fully saturated rings. The van der Waals surface area contributed by atoms with E-state index in [4.69, 9.17) is 62.0 Å². The van der Waals surface area contributed by atoms with E-state index < -0.39 is 84.9 Å². The second kappa shape index (κ2) is 50.5. The number of hydrogen-bond donors (Lipinski definition) is 5. The Bertz CT molecular complexity index is 8170. The van der Waals surface area contributed by atoms with Crippen LogP contribution in [0.3, 0.4) is 0 Å². The van der Waals surface area contributed by atoms with E-state index in [1.807, 2.05) is 91.9 Å². The van der Waals surface area contributed by atoms with E-state index in [2.05, 4.69) is 140 Å². The Morgan fingerprint density at radius 3 is 1.26 bits per heavy atom. The number of halogens is 21. The molecule has 17 aromatic rings. The first-order valence-corrected chi connectivity index (χ1v) is 50.0. The van der Waals surface area contributed by atoms with Crippen molar-refractivity contribution in [3.05, 3.63) is 346 Å². The van der Waals surface area contributed by atoms with Gasteiger partial charge < -0.3 is 24.8 Å². The van der Waals surface area contributed by atoms with Gasteiger partial charge in [-0.25, -0.2) is 72.1 Å². The van der Waals surface area contributed by atoms with Crippen LogP contribution < -0.4 is 27.3 Å². The lowest BCUT2D eigenvalue weighted by Crippen LogP contribution is -2.38. The summed E-state index contributed by atoms with van der Waals surface area (Å²) in [5.74, 6) is 2.80. The van der Waals surface area contributed by atoms with Gasteiger partial charge in [-0.15, -0.1) is 24.2 Å². The highest BCUT2D eigenvalue weighted by molar-refractivity contribution is 9.11. The van der Waals surface area contributed by atoms with Crippen molar-refractivity contribution in [2.75, 3.05) is 0 Å². The first-order valence-electron chi connectivity index (χ1n) is 42.5. The number of amidine groups is 1. The molecule has 6 N–H and O–H groups in total. The van der Waals surface area contributed by atoms with Crippen molar-refractivity contribution in [2.45, 2.75) is 129 Å². The lowest BCUT2D eigenvalue weighted by atomic mass is 9.99. The van der Waals surface area contributed by atoms with Crippen LogP contribution in [0.4, 0.5) is 57.5 Å². The molecule has 11 aromatic carbocycles. The van der Waals surface area contributed by atoms with Crippen molar-refractivity contribution < 1.29 is 84.8 Å². The Morgan fingerprint density at radius 1 is 0.486 bits per heavy atom. The Balaban J connectivity index is 0.000000191. The maximum Gasteiger partial charge on any atom is 0.569 e. The number of thioether (sulfide) groups is 1. The quantitative estimate of drug-likeness (QED) is 0.0103. The third-order valence-corrected chi connectivity index (χ3v) is 26.2. The third-order valence-electron chi connectivity index (χ3n) is 20.6. The zero-order valence-electron chi connectivity index (χ0n) is 78.9. The number of aromatic nitrogens is 11. The Morgan fingerprint density at radius 2 is 0.858 bits per heavy atom. The van der Waals surface area contributed by atoms with Crippen molar-refractivity contribution in [1.82, 2.24) is 63.7 Å². The highest BCUT2D eigenvalue weighted by Crippen LogP contribution is 2.42. The molecule has 1 aliphatic rings. The largest absolute Gasteiger partial charge is 0.569 e. The summed E-state index contributed by atoms with van der Waals surface area (Å²) in [6.45, 7) is 19.7. The molecule has 773 valence electrons. The van der Waals surface area contributed by atoms with E-state index in [9.17, 15) is 85.1 Å². The molecule has 1 saturated heterocycles. The molecule has 0 bridgehead atoms. The fraction of sp³-hybridized carbons (Fsp3) is 0.182. The van der Waals surface area contributed by atoms with Gasteiger partial charge in [0.25, 0.3) is 20.5 Å². The van der Waals surface area contributed by atoms with Crippen LogP contribution in [0.15, 0.2) is 259 Å². The standard InChI is InChI=1S/C24H19F3N2S.C17H12BrF3N2.C17H12ClF3N2O2S.C9H6BrClN2.C9H7BrN2O.C8H7BF3O2.C8H4BrNO3.C5H6Cl2N2O2.C2H6N2.ClH/c1-15-12-18(24(25,26)27)8-10-20(15)23-21-11-9-19(13-22(21)28-16(2)29-23)30-14-17-6-4-3-5-7-17;1-9-7-11(17(19,20)21)3-5-13(9)16-14-6-4-12(18)8-15(14)22-10(2)23-16;1-9-7-11(17(19,20)21)3-5-13(9)16-14-6-4-12(26(18,24)25)8-15(14)22-10(2)23-16;1-5-12-8-4-6(10)2-3-7(8)9(11)13-5;1-5-11-8-4-6(10)2-3-7(8)9(13)12-5;1-5-4-6(8(10,11)12)2-3-7(5)14-9-13;9-4-1-2-5-6(3-4)10-8(12)13-7(5)11;1-5(2)3(10)8(6)4(11)9(5)7;1-2(3)4;/h3-13H,14H2,1-2H3;3-8H,1-2H3;3-8H,1-2H3;2-4H,1H3;2-4H,1H3,(H,11,12,13);2-4,13H,1H3;1-3H,(H,10,12);1-2H3;1H3,(H3,3,4);1H. The number of urea groups is 1. The van der Waals surface area contributed by atoms with Crippen LogP contribution in [-0.4, -0.2) is 108 Å². The number of nitrogens with two attached hydrogens (primary N) is 1. The topological polar surface area (TPSA) is 366 Å². The molecule has 1 aliphatic heterocycles. The number of carbonyl (C=O) groups is 2. The summed E-state index contributed by atoms with van der Waals surface area (Å²) in [6.07, 6.45) is -17.5. The summed E-state index contributed by atoms with van der Waals surface area (Å²) < 4.78 is 190. The number of H-pyrrole nitrogens is 2. The molecule has 0 spiro atoms. The van der Waals surface area contributed by atoms with Crippen LogP contribution in [0.2, 0.25) is 5.15 Å². The maximum absolute atomic E-state index is 13.0. The van der Waals surface area contributed by atoms with Crippen molar-refractivity contribution >= 4 is 234 Å². The number of alkyl halides is 12. The number of fused-ring (bicyclic) bond motifs is 6. The van der Waals surface area contributed by atoms with Crippen molar-refractivity contribution in [3.63, 3.8) is 0 Å². The summed E-state index contributed by atoms with van der Waals surface area (Å²) in [7, 11) is 1.86. The number of aryl methyl sites for hydroxylation is 9. The monoisotopic (exact) mass is 2430 g/mol. The number of amides is 3. The van der Waals surface area contributed by atoms with Gasteiger partial charge in [0, 0.05) is 101 Å². The second-order valence-corrected chi connectivity index (χ2v) is 40.6. The van der Waals surface area contributed by atoms with Crippen LogP contribution in [-0.2, 0) is 44.3 Å². The first-order chi connectivity index (χ1) is 68.6. The normalized spacial score (nSPS) is 12.2. The van der Waals surface area contributed by atoms with Gasteiger partial charge in [-0.2, -0.15) is 57.1 Å². The summed E-state index contributed by atoms with van der Waals surface area (Å²) in [4.78, 5) is 100. The zero-order valence-corrected chi connectivity index (χ0v) is 90.7. The van der Waals surface area contributed by atoms with E-state index in [1.165, 1.54) is 75.7 Å². The molecule has 6 aromatic heterocycles. The molecular formula is C99H80BBr4Cl5F12N15O10S2. The van der Waals surface area contributed by atoms with Gasteiger partial charge in [-0.1, -0.05) is 124 Å². The molecule has 0 unspecified atom stereocenters. The van der Waals surface area contributed by atoms with Crippen LogP contribution in [0.1, 0.15) is 100.0 Å². The predicted octanol–water partition coefficient (Wildman–Crippen LogP) is 28.0. The van der Waals surface area contributed by atoms with Crippen LogP contribution in [0.5, 0.6) is 5.75 Å². The first kappa shape index (κ1) is 119. The van der Waals surface area contributed by atoms with Gasteiger partial charge in [0.1, 0.15) is 45.6 Å². The van der Waals surface area contributed by atoms with E-state index in [0.717, 1.165) is 120 Å². The average Bonchev–Trinajstić information content (AvgIpc) is 1.16. The van der Waals surface area contributed by atoms with E-state index in [1.54, 1.807) is 84.5 Å². The number of aromatic amines is 2. The smallest absolute Gasteiger partial charge is 0.537 e. The van der Waals surface area contributed by atoms with Gasteiger partial charge in [-0.05, 0) is 275 Å².